The van der Waals surface area contributed by atoms with Gasteiger partial charge < -0.3 is 15.3 Å². The summed E-state index contributed by atoms with van der Waals surface area (Å²) >= 11 is 3.51. The summed E-state index contributed by atoms with van der Waals surface area (Å²) in [4.78, 5) is 19.4. The van der Waals surface area contributed by atoms with Crippen molar-refractivity contribution in [2.24, 2.45) is 0 Å². The molecule has 2 N–H and O–H groups in total. The summed E-state index contributed by atoms with van der Waals surface area (Å²) in [5.74, 6) is 0.911. The van der Waals surface area contributed by atoms with E-state index < -0.39 is 0 Å². The van der Waals surface area contributed by atoms with Crippen LogP contribution in [-0.4, -0.2) is 49.6 Å². The van der Waals surface area contributed by atoms with E-state index in [0.717, 1.165) is 23.1 Å². The van der Waals surface area contributed by atoms with E-state index in [2.05, 4.69) is 37.4 Å². The van der Waals surface area contributed by atoms with Crippen molar-refractivity contribution in [1.82, 2.24) is 19.5 Å². The Bertz CT molecular complexity index is 1400. The van der Waals surface area contributed by atoms with Gasteiger partial charge in [-0.25, -0.2) is 4.98 Å². The van der Waals surface area contributed by atoms with Gasteiger partial charge in [0.2, 0.25) is 0 Å². The van der Waals surface area contributed by atoms with Crippen molar-refractivity contribution in [2.45, 2.75) is 18.9 Å². The maximum atomic E-state index is 12.8. The van der Waals surface area contributed by atoms with E-state index in [1.807, 2.05) is 23.1 Å². The predicted molar refractivity (Wildman–Crippen MR) is 131 cm³/mol. The number of phenolic OH excluding ortho intramolecular Hbond substituents is 1. The van der Waals surface area contributed by atoms with E-state index >= 15 is 0 Å². The highest BCUT2D eigenvalue weighted by molar-refractivity contribution is 9.10. The molecule has 1 aliphatic rings. The molecule has 170 valence electrons. The summed E-state index contributed by atoms with van der Waals surface area (Å²) in [6.45, 7) is 1.25. The number of likely N-dealkylation sites (tertiary alicyclic amines) is 1. The number of phenols is 1. The summed E-state index contributed by atoms with van der Waals surface area (Å²) in [7, 11) is 0. The Kier molecular flexibility index (Phi) is 5.90. The normalized spacial score (nSPS) is 14.2. The number of benzene rings is 2. The van der Waals surface area contributed by atoms with Crippen LogP contribution in [0.15, 0.2) is 65.3 Å². The number of piperidine rings is 1. The zero-order valence-corrected chi connectivity index (χ0v) is 19.7. The first-order valence-corrected chi connectivity index (χ1v) is 11.7. The molecule has 1 aliphatic heterocycles. The van der Waals surface area contributed by atoms with Gasteiger partial charge in [-0.15, -0.1) is 0 Å². The fourth-order valence-electron chi connectivity index (χ4n) is 4.17. The first-order valence-electron chi connectivity index (χ1n) is 10.9. The molecule has 3 heterocycles. The standard InChI is InChI=1S/C25H21BrN6O2/c26-20-15-28-32-23(13-21(30-24(20)32)19-3-1-2-4-22(19)33)29-18-9-11-31(12-10-18)25(34)17-7-5-16(14-27)6-8-17/h1-8,13,15,18,29,33H,9-12H2. The van der Waals surface area contributed by atoms with E-state index in [-0.39, 0.29) is 17.7 Å². The molecule has 8 nitrogen and oxygen atoms in total. The first kappa shape index (κ1) is 21.9. The zero-order valence-electron chi connectivity index (χ0n) is 18.1. The fraction of sp³-hybridized carbons (Fsp3) is 0.200. The molecule has 0 radical (unpaired) electrons. The summed E-state index contributed by atoms with van der Waals surface area (Å²) < 4.78 is 2.50. The van der Waals surface area contributed by atoms with E-state index in [0.29, 0.717) is 41.1 Å². The molecule has 9 heteroatoms. The molecule has 2 aromatic heterocycles. The number of nitriles is 1. The highest BCUT2D eigenvalue weighted by atomic mass is 79.9. The lowest BCUT2D eigenvalue weighted by Gasteiger charge is -2.33. The zero-order chi connectivity index (χ0) is 23.7. The molecular weight excluding hydrogens is 496 g/mol. The number of hydrogen-bond donors (Lipinski definition) is 2. The van der Waals surface area contributed by atoms with Crippen molar-refractivity contribution >= 4 is 33.3 Å². The Hall–Kier alpha value is -3.90. The van der Waals surface area contributed by atoms with Gasteiger partial charge in [0, 0.05) is 36.3 Å². The number of amides is 1. The molecule has 5 rings (SSSR count). The van der Waals surface area contributed by atoms with Crippen LogP contribution in [0, 0.1) is 11.3 Å². The molecule has 1 amide bonds. The molecule has 1 fully saturated rings. The van der Waals surface area contributed by atoms with Crippen LogP contribution in [0.2, 0.25) is 0 Å². The number of nitrogens with zero attached hydrogens (tertiary/aromatic N) is 5. The molecule has 4 aromatic rings. The number of anilines is 1. The Labute approximate surface area is 204 Å². The van der Waals surface area contributed by atoms with Crippen LogP contribution in [0.4, 0.5) is 5.82 Å². The van der Waals surface area contributed by atoms with Crippen LogP contribution in [-0.2, 0) is 0 Å². The third-order valence-electron chi connectivity index (χ3n) is 6.00. The van der Waals surface area contributed by atoms with Crippen LogP contribution in [0.1, 0.15) is 28.8 Å². The van der Waals surface area contributed by atoms with Crippen molar-refractivity contribution in [3.63, 3.8) is 0 Å². The highest BCUT2D eigenvalue weighted by Crippen LogP contribution is 2.31. The van der Waals surface area contributed by atoms with Gasteiger partial charge >= 0.3 is 0 Å². The second-order valence-corrected chi connectivity index (χ2v) is 9.03. The lowest BCUT2D eigenvalue weighted by atomic mass is 10.0. The molecule has 34 heavy (non-hydrogen) atoms. The molecule has 0 atom stereocenters. The average molecular weight is 517 g/mol. The quantitative estimate of drug-likeness (QED) is 0.414. The smallest absolute Gasteiger partial charge is 0.253 e. The Balaban J connectivity index is 1.34. The minimum Gasteiger partial charge on any atom is -0.507 e. The first-order chi connectivity index (χ1) is 16.5. The van der Waals surface area contributed by atoms with Crippen LogP contribution in [0.3, 0.4) is 0 Å². The van der Waals surface area contributed by atoms with Gasteiger partial charge in [-0.1, -0.05) is 12.1 Å². The number of nitrogens with one attached hydrogen (secondary N) is 1. The summed E-state index contributed by atoms with van der Waals surface area (Å²) in [5, 5.41) is 27.3. The van der Waals surface area contributed by atoms with Crippen molar-refractivity contribution in [1.29, 1.82) is 5.26 Å². The van der Waals surface area contributed by atoms with Gasteiger partial charge in [0.25, 0.3) is 5.91 Å². The highest BCUT2D eigenvalue weighted by Gasteiger charge is 2.25. The maximum Gasteiger partial charge on any atom is 0.253 e. The molecule has 0 unspecified atom stereocenters. The van der Waals surface area contributed by atoms with Gasteiger partial charge in [0.05, 0.1) is 28.0 Å². The summed E-state index contributed by atoms with van der Waals surface area (Å²) in [6, 6.07) is 18.0. The SMILES string of the molecule is N#Cc1ccc(C(=O)N2CCC(Nc3cc(-c4ccccc4O)nc4c(Br)cnn34)CC2)cc1. The monoisotopic (exact) mass is 516 g/mol. The lowest BCUT2D eigenvalue weighted by Crippen LogP contribution is -2.42. The second kappa shape index (κ2) is 9.15. The number of halogens is 1. The number of rotatable bonds is 4. The molecule has 0 bridgehead atoms. The molecule has 0 spiro atoms. The number of hydrogen-bond acceptors (Lipinski definition) is 6. The van der Waals surface area contributed by atoms with E-state index in [1.54, 1.807) is 47.1 Å². The number of para-hydroxylation sites is 1. The van der Waals surface area contributed by atoms with E-state index in [1.165, 1.54) is 0 Å². The largest absolute Gasteiger partial charge is 0.507 e. The Morgan fingerprint density at radius 1 is 1.15 bits per heavy atom. The molecular formula is C25H21BrN6O2. The van der Waals surface area contributed by atoms with Crippen LogP contribution in [0.5, 0.6) is 5.75 Å². The Morgan fingerprint density at radius 3 is 2.59 bits per heavy atom. The van der Waals surface area contributed by atoms with Crippen LogP contribution < -0.4 is 5.32 Å². The molecule has 0 aliphatic carbocycles. The van der Waals surface area contributed by atoms with Crippen molar-refractivity contribution in [3.05, 3.63) is 76.4 Å². The minimum atomic E-state index is -0.0212. The number of aromatic hydroxyl groups is 1. The average Bonchev–Trinajstić information content (AvgIpc) is 3.25. The van der Waals surface area contributed by atoms with Crippen molar-refractivity contribution in [2.75, 3.05) is 18.4 Å². The topological polar surface area (TPSA) is 107 Å². The molecule has 2 aromatic carbocycles. The van der Waals surface area contributed by atoms with Crippen molar-refractivity contribution in [3.8, 4) is 23.1 Å². The van der Waals surface area contributed by atoms with Gasteiger partial charge in [-0.2, -0.15) is 14.9 Å². The van der Waals surface area contributed by atoms with Crippen LogP contribution in [0.25, 0.3) is 16.9 Å². The van der Waals surface area contributed by atoms with E-state index in [9.17, 15) is 9.90 Å². The Morgan fingerprint density at radius 2 is 1.88 bits per heavy atom. The van der Waals surface area contributed by atoms with Gasteiger partial charge in [-0.05, 0) is 65.2 Å². The summed E-state index contributed by atoms with van der Waals surface area (Å²) in [6.07, 6.45) is 3.25. The third kappa shape index (κ3) is 4.20. The van der Waals surface area contributed by atoms with Gasteiger partial charge in [-0.3, -0.25) is 4.79 Å². The number of aromatic nitrogens is 3. The maximum absolute atomic E-state index is 12.8. The molecule has 1 saturated heterocycles. The lowest BCUT2D eigenvalue weighted by molar-refractivity contribution is 0.0718. The van der Waals surface area contributed by atoms with Crippen LogP contribution >= 0.6 is 15.9 Å². The van der Waals surface area contributed by atoms with Gasteiger partial charge in [0.15, 0.2) is 5.65 Å². The fourth-order valence-corrected chi connectivity index (χ4v) is 4.52. The summed E-state index contributed by atoms with van der Waals surface area (Å²) in [5.41, 5.74) is 3.06. The number of carbonyl (C=O) groups is 1. The van der Waals surface area contributed by atoms with E-state index in [4.69, 9.17) is 5.26 Å². The van der Waals surface area contributed by atoms with Gasteiger partial charge in [0.1, 0.15) is 11.6 Å². The number of carbonyl (C=O) groups excluding carboxylic acids is 1. The molecule has 0 saturated carbocycles. The third-order valence-corrected chi connectivity index (χ3v) is 6.56. The minimum absolute atomic E-state index is 0.0212. The van der Waals surface area contributed by atoms with Crippen molar-refractivity contribution < 1.29 is 9.90 Å². The number of fused-ring (bicyclic) bond motifs is 1. The second-order valence-electron chi connectivity index (χ2n) is 8.17. The predicted octanol–water partition coefficient (Wildman–Crippen LogP) is 4.45.